The highest BCUT2D eigenvalue weighted by molar-refractivity contribution is 5.97. The fourth-order valence-corrected chi connectivity index (χ4v) is 3.66. The van der Waals surface area contributed by atoms with Gasteiger partial charge in [0.2, 0.25) is 5.91 Å². The van der Waals surface area contributed by atoms with E-state index in [1.165, 1.54) is 0 Å². The number of benzene rings is 2. The van der Waals surface area contributed by atoms with E-state index in [0.29, 0.717) is 13.0 Å². The minimum Gasteiger partial charge on any atom is -0.395 e. The lowest BCUT2D eigenvalue weighted by atomic mass is 10.1. The second kappa shape index (κ2) is 7.48. The van der Waals surface area contributed by atoms with Gasteiger partial charge >= 0.3 is 0 Å². The number of carbonyl (C=O) groups excluding carboxylic acids is 1. The van der Waals surface area contributed by atoms with Gasteiger partial charge in [0, 0.05) is 35.2 Å². The second-order valence-corrected chi connectivity index (χ2v) is 7.29. The molecule has 4 aromatic rings. The summed E-state index contributed by atoms with van der Waals surface area (Å²) >= 11 is 0. The summed E-state index contributed by atoms with van der Waals surface area (Å²) in [6, 6.07) is 13.7. The highest BCUT2D eigenvalue weighted by Gasteiger charge is 2.15. The van der Waals surface area contributed by atoms with Crippen LogP contribution in [0, 0.1) is 0 Å². The Morgan fingerprint density at radius 3 is 2.86 bits per heavy atom. The zero-order valence-corrected chi connectivity index (χ0v) is 16.1. The third-order valence-electron chi connectivity index (χ3n) is 4.93. The molecule has 6 nitrogen and oxygen atoms in total. The van der Waals surface area contributed by atoms with E-state index >= 15 is 0 Å². The van der Waals surface area contributed by atoms with Gasteiger partial charge in [0.1, 0.15) is 5.82 Å². The SMILES string of the molecule is CC(C)c1nc2cc(NC(=O)Cc3c[nH]c4ccccc34)ccc2n1CCO. The van der Waals surface area contributed by atoms with Gasteiger partial charge in [-0.15, -0.1) is 0 Å². The number of aliphatic hydroxyl groups excluding tert-OH is 1. The molecule has 0 radical (unpaired) electrons. The van der Waals surface area contributed by atoms with Crippen molar-refractivity contribution in [3.05, 3.63) is 60.0 Å². The lowest BCUT2D eigenvalue weighted by Crippen LogP contribution is -2.14. The van der Waals surface area contributed by atoms with Crippen LogP contribution in [0.1, 0.15) is 31.2 Å². The number of hydrogen-bond donors (Lipinski definition) is 3. The molecule has 0 bridgehead atoms. The Labute approximate surface area is 163 Å². The van der Waals surface area contributed by atoms with Gasteiger partial charge in [-0.05, 0) is 29.8 Å². The van der Waals surface area contributed by atoms with Crippen molar-refractivity contribution < 1.29 is 9.90 Å². The van der Waals surface area contributed by atoms with Crippen molar-refractivity contribution in [1.82, 2.24) is 14.5 Å². The van der Waals surface area contributed by atoms with Gasteiger partial charge in [-0.3, -0.25) is 4.79 Å². The summed E-state index contributed by atoms with van der Waals surface area (Å²) < 4.78 is 2.04. The number of aromatic nitrogens is 3. The molecule has 2 heterocycles. The average Bonchev–Trinajstić information content (AvgIpc) is 3.24. The molecule has 0 aliphatic rings. The van der Waals surface area contributed by atoms with Crippen LogP contribution in [0.2, 0.25) is 0 Å². The Hall–Kier alpha value is -3.12. The topological polar surface area (TPSA) is 82.9 Å². The zero-order valence-electron chi connectivity index (χ0n) is 16.1. The maximum Gasteiger partial charge on any atom is 0.228 e. The van der Waals surface area contributed by atoms with Gasteiger partial charge in [0.25, 0.3) is 0 Å². The molecule has 0 fully saturated rings. The number of anilines is 1. The molecule has 0 saturated heterocycles. The highest BCUT2D eigenvalue weighted by atomic mass is 16.3. The molecule has 1 amide bonds. The summed E-state index contributed by atoms with van der Waals surface area (Å²) in [5.41, 5.74) is 4.52. The molecule has 0 atom stereocenters. The van der Waals surface area contributed by atoms with Crippen LogP contribution in [0.3, 0.4) is 0 Å². The number of imidazole rings is 1. The first kappa shape index (κ1) is 18.3. The van der Waals surface area contributed by atoms with Gasteiger partial charge in [0.05, 0.1) is 24.1 Å². The van der Waals surface area contributed by atoms with Crippen molar-refractivity contribution in [3.63, 3.8) is 0 Å². The van der Waals surface area contributed by atoms with E-state index in [1.807, 2.05) is 53.2 Å². The van der Waals surface area contributed by atoms with Gasteiger partial charge < -0.3 is 20.0 Å². The van der Waals surface area contributed by atoms with Gasteiger partial charge in [-0.1, -0.05) is 32.0 Å². The van der Waals surface area contributed by atoms with E-state index in [0.717, 1.165) is 39.0 Å². The van der Waals surface area contributed by atoms with Crippen molar-refractivity contribution in [2.24, 2.45) is 0 Å². The number of hydrogen-bond acceptors (Lipinski definition) is 3. The quantitative estimate of drug-likeness (QED) is 0.478. The van der Waals surface area contributed by atoms with Crippen molar-refractivity contribution in [2.45, 2.75) is 32.7 Å². The maximum absolute atomic E-state index is 12.6. The van der Waals surface area contributed by atoms with Crippen molar-refractivity contribution in [1.29, 1.82) is 0 Å². The summed E-state index contributed by atoms with van der Waals surface area (Å²) in [6.07, 6.45) is 2.19. The minimum absolute atomic E-state index is 0.0638. The minimum atomic E-state index is -0.0667. The van der Waals surface area contributed by atoms with E-state index in [-0.39, 0.29) is 18.4 Å². The van der Waals surface area contributed by atoms with Crippen LogP contribution >= 0.6 is 0 Å². The third-order valence-corrected chi connectivity index (χ3v) is 4.93. The summed E-state index contributed by atoms with van der Waals surface area (Å²) in [5, 5.41) is 13.4. The molecular formula is C22H24N4O2. The number of amides is 1. The number of aliphatic hydroxyl groups is 1. The van der Waals surface area contributed by atoms with Crippen LogP contribution in [0.4, 0.5) is 5.69 Å². The molecule has 28 heavy (non-hydrogen) atoms. The number of nitrogens with one attached hydrogen (secondary N) is 2. The largest absolute Gasteiger partial charge is 0.395 e. The Kier molecular flexibility index (Phi) is 4.88. The fraction of sp³-hybridized carbons (Fsp3) is 0.273. The third kappa shape index (κ3) is 3.39. The molecule has 0 spiro atoms. The molecule has 0 saturated carbocycles. The van der Waals surface area contributed by atoms with Crippen LogP contribution in [0.5, 0.6) is 0 Å². The number of H-pyrrole nitrogens is 1. The summed E-state index contributed by atoms with van der Waals surface area (Å²) in [5.74, 6) is 1.12. The van der Waals surface area contributed by atoms with E-state index in [4.69, 9.17) is 4.98 Å². The van der Waals surface area contributed by atoms with Crippen molar-refractivity contribution in [3.8, 4) is 0 Å². The van der Waals surface area contributed by atoms with Crippen molar-refractivity contribution in [2.75, 3.05) is 11.9 Å². The normalized spacial score (nSPS) is 11.6. The van der Waals surface area contributed by atoms with Gasteiger partial charge in [0.15, 0.2) is 0 Å². The Morgan fingerprint density at radius 1 is 1.25 bits per heavy atom. The Morgan fingerprint density at radius 2 is 2.07 bits per heavy atom. The molecule has 0 aliphatic heterocycles. The number of aromatic amines is 1. The first-order chi connectivity index (χ1) is 13.6. The predicted octanol–water partition coefficient (Wildman–Crippen LogP) is 3.81. The Balaban J connectivity index is 1.56. The number of para-hydroxylation sites is 1. The first-order valence-corrected chi connectivity index (χ1v) is 9.52. The first-order valence-electron chi connectivity index (χ1n) is 9.52. The van der Waals surface area contributed by atoms with Crippen LogP contribution in [0.15, 0.2) is 48.7 Å². The number of rotatable bonds is 6. The molecular weight excluding hydrogens is 352 g/mol. The van der Waals surface area contributed by atoms with E-state index in [2.05, 4.69) is 24.1 Å². The summed E-state index contributed by atoms with van der Waals surface area (Å²) in [4.78, 5) is 20.5. The monoisotopic (exact) mass is 376 g/mol. The molecule has 2 aromatic carbocycles. The average molecular weight is 376 g/mol. The molecule has 144 valence electrons. The Bertz CT molecular complexity index is 1140. The van der Waals surface area contributed by atoms with E-state index in [9.17, 15) is 9.90 Å². The van der Waals surface area contributed by atoms with Crippen LogP contribution in [-0.4, -0.2) is 32.2 Å². The van der Waals surface area contributed by atoms with Crippen LogP contribution < -0.4 is 5.32 Å². The smallest absolute Gasteiger partial charge is 0.228 e. The fourth-order valence-electron chi connectivity index (χ4n) is 3.66. The second-order valence-electron chi connectivity index (χ2n) is 7.29. The number of carbonyl (C=O) groups is 1. The zero-order chi connectivity index (χ0) is 19.7. The van der Waals surface area contributed by atoms with Gasteiger partial charge in [-0.2, -0.15) is 0 Å². The standard InChI is InChI=1S/C22H24N4O2/c1-14(2)22-25-19-12-16(7-8-20(19)26(22)9-10-27)24-21(28)11-15-13-23-18-6-4-3-5-17(15)18/h3-8,12-14,23,27H,9-11H2,1-2H3,(H,24,28). The molecule has 0 unspecified atom stereocenters. The molecule has 0 aliphatic carbocycles. The lowest BCUT2D eigenvalue weighted by molar-refractivity contribution is -0.115. The maximum atomic E-state index is 12.6. The van der Waals surface area contributed by atoms with Crippen LogP contribution in [0.25, 0.3) is 21.9 Å². The number of nitrogens with zero attached hydrogens (tertiary/aromatic N) is 2. The number of fused-ring (bicyclic) bond motifs is 2. The lowest BCUT2D eigenvalue weighted by Gasteiger charge is -2.09. The molecule has 3 N–H and O–H groups in total. The van der Waals surface area contributed by atoms with Crippen LogP contribution in [-0.2, 0) is 17.8 Å². The molecule has 6 heteroatoms. The van der Waals surface area contributed by atoms with E-state index in [1.54, 1.807) is 0 Å². The van der Waals surface area contributed by atoms with Gasteiger partial charge in [-0.25, -0.2) is 4.98 Å². The van der Waals surface area contributed by atoms with E-state index < -0.39 is 0 Å². The highest BCUT2D eigenvalue weighted by Crippen LogP contribution is 2.25. The molecule has 4 rings (SSSR count). The summed E-state index contributed by atoms with van der Waals surface area (Å²) in [7, 11) is 0. The predicted molar refractivity (Wildman–Crippen MR) is 112 cm³/mol. The van der Waals surface area contributed by atoms with Crippen molar-refractivity contribution >= 4 is 33.5 Å². The summed E-state index contributed by atoms with van der Waals surface area (Å²) in [6.45, 7) is 4.74. The molecule has 2 aromatic heterocycles.